The number of aliphatic hydroxyl groups excluding tert-OH is 1. The standard InChI is InChI=1S/C51H103N2O6P/c1-6-8-10-12-14-16-18-20-22-24-26-28-30-32-34-36-38-40-42-44-50(54)49(48-59-60(56,57)58-47-46-53(3,4)5)52-51(55)45-43-41-39-37-35-33-31-29-27-25-23-21-19-17-15-13-11-9-7-2/h42,44,49-50,54H,6-41,43,45-48H2,1-5H3,(H-,52,55,56,57)/p+1/b44-42+. The van der Waals surface area contributed by atoms with E-state index in [-0.39, 0.29) is 19.1 Å². The van der Waals surface area contributed by atoms with Crippen molar-refractivity contribution in [1.82, 2.24) is 5.32 Å². The number of hydrogen-bond acceptors (Lipinski definition) is 5. The Kier molecular flexibility index (Phi) is 42.9. The molecule has 0 bridgehead atoms. The van der Waals surface area contributed by atoms with Crippen molar-refractivity contribution in [3.63, 3.8) is 0 Å². The molecule has 1 amide bonds. The summed E-state index contributed by atoms with van der Waals surface area (Å²) in [5.74, 6) is -0.171. The van der Waals surface area contributed by atoms with E-state index in [4.69, 9.17) is 9.05 Å². The van der Waals surface area contributed by atoms with Crippen molar-refractivity contribution in [3.05, 3.63) is 12.2 Å². The molecule has 358 valence electrons. The third-order valence-electron chi connectivity index (χ3n) is 12.0. The first kappa shape index (κ1) is 59.2. The van der Waals surface area contributed by atoms with Crippen LogP contribution in [0.5, 0.6) is 0 Å². The number of aliphatic hydroxyl groups is 1. The third-order valence-corrected chi connectivity index (χ3v) is 13.0. The van der Waals surface area contributed by atoms with Crippen LogP contribution in [0.25, 0.3) is 0 Å². The number of phosphoric acid groups is 1. The van der Waals surface area contributed by atoms with Crippen molar-refractivity contribution >= 4 is 13.7 Å². The highest BCUT2D eigenvalue weighted by molar-refractivity contribution is 7.47. The fraction of sp³-hybridized carbons (Fsp3) is 0.941. The molecule has 0 heterocycles. The largest absolute Gasteiger partial charge is 0.472 e. The third kappa shape index (κ3) is 45.3. The first-order chi connectivity index (χ1) is 29.0. The summed E-state index contributed by atoms with van der Waals surface area (Å²) in [5, 5.41) is 13.9. The number of phosphoric ester groups is 1. The molecule has 0 saturated carbocycles. The molecular weight excluding hydrogens is 768 g/mol. The van der Waals surface area contributed by atoms with Crippen LogP contribution in [0.2, 0.25) is 0 Å². The Hall–Kier alpha value is -0.760. The van der Waals surface area contributed by atoms with Crippen LogP contribution in [0.4, 0.5) is 0 Å². The fourth-order valence-corrected chi connectivity index (χ4v) is 8.60. The lowest BCUT2D eigenvalue weighted by Gasteiger charge is -2.25. The number of amides is 1. The van der Waals surface area contributed by atoms with Crippen molar-refractivity contribution in [1.29, 1.82) is 0 Å². The zero-order chi connectivity index (χ0) is 44.3. The summed E-state index contributed by atoms with van der Waals surface area (Å²) >= 11 is 0. The highest BCUT2D eigenvalue weighted by Gasteiger charge is 2.27. The van der Waals surface area contributed by atoms with Crippen LogP contribution < -0.4 is 5.32 Å². The second-order valence-electron chi connectivity index (χ2n) is 19.3. The number of carbonyl (C=O) groups excluding carboxylic acids is 1. The summed E-state index contributed by atoms with van der Waals surface area (Å²) in [4.78, 5) is 23.2. The number of quaternary nitrogens is 1. The summed E-state index contributed by atoms with van der Waals surface area (Å²) in [6.45, 7) is 4.86. The first-order valence-electron chi connectivity index (χ1n) is 26.1. The van der Waals surface area contributed by atoms with Gasteiger partial charge in [0.2, 0.25) is 5.91 Å². The Morgan fingerprint density at radius 2 is 0.883 bits per heavy atom. The molecule has 0 aliphatic rings. The van der Waals surface area contributed by atoms with Gasteiger partial charge in [0.1, 0.15) is 13.2 Å². The number of nitrogens with one attached hydrogen (secondary N) is 1. The zero-order valence-electron chi connectivity index (χ0n) is 40.7. The van der Waals surface area contributed by atoms with Crippen molar-refractivity contribution < 1.29 is 32.9 Å². The molecule has 60 heavy (non-hydrogen) atoms. The molecule has 0 aromatic heterocycles. The van der Waals surface area contributed by atoms with Gasteiger partial charge in [-0.3, -0.25) is 13.8 Å². The molecule has 0 aromatic carbocycles. The maximum absolute atomic E-state index is 12.9. The minimum Gasteiger partial charge on any atom is -0.387 e. The Bertz CT molecular complexity index is 989. The molecule has 3 N–H and O–H groups in total. The van der Waals surface area contributed by atoms with Crippen LogP contribution in [-0.4, -0.2) is 73.4 Å². The number of hydrogen-bond donors (Lipinski definition) is 3. The molecule has 3 unspecified atom stereocenters. The lowest BCUT2D eigenvalue weighted by molar-refractivity contribution is -0.870. The maximum Gasteiger partial charge on any atom is 0.472 e. The van der Waals surface area contributed by atoms with Gasteiger partial charge in [0.15, 0.2) is 0 Å². The summed E-state index contributed by atoms with van der Waals surface area (Å²) < 4.78 is 23.7. The monoisotopic (exact) mass is 872 g/mol. The van der Waals surface area contributed by atoms with Crippen LogP contribution in [0.15, 0.2) is 12.2 Å². The second-order valence-corrected chi connectivity index (χ2v) is 20.7. The van der Waals surface area contributed by atoms with Crippen LogP contribution in [0, 0.1) is 0 Å². The maximum atomic E-state index is 12.9. The Morgan fingerprint density at radius 1 is 0.550 bits per heavy atom. The predicted molar refractivity (Wildman–Crippen MR) is 259 cm³/mol. The normalized spacial score (nSPS) is 14.2. The van der Waals surface area contributed by atoms with Crippen molar-refractivity contribution in [3.8, 4) is 0 Å². The average Bonchev–Trinajstić information content (AvgIpc) is 3.20. The van der Waals surface area contributed by atoms with E-state index in [9.17, 15) is 19.4 Å². The molecule has 0 aliphatic heterocycles. The van der Waals surface area contributed by atoms with Gasteiger partial charge >= 0.3 is 7.82 Å². The van der Waals surface area contributed by atoms with Gasteiger partial charge in [-0.05, 0) is 19.3 Å². The van der Waals surface area contributed by atoms with Crippen molar-refractivity contribution in [2.75, 3.05) is 40.9 Å². The quantitative estimate of drug-likeness (QED) is 0.0243. The fourth-order valence-electron chi connectivity index (χ4n) is 7.87. The van der Waals surface area contributed by atoms with Crippen LogP contribution in [0.3, 0.4) is 0 Å². The Balaban J connectivity index is 4.28. The van der Waals surface area contributed by atoms with E-state index in [0.717, 1.165) is 32.1 Å². The van der Waals surface area contributed by atoms with E-state index >= 15 is 0 Å². The lowest BCUT2D eigenvalue weighted by atomic mass is 10.0. The predicted octanol–water partition coefficient (Wildman–Crippen LogP) is 15.1. The van der Waals surface area contributed by atoms with Gasteiger partial charge < -0.3 is 19.8 Å². The van der Waals surface area contributed by atoms with E-state index in [2.05, 4.69) is 19.2 Å². The van der Waals surface area contributed by atoms with Crippen molar-refractivity contribution in [2.45, 2.75) is 270 Å². The van der Waals surface area contributed by atoms with E-state index in [1.807, 2.05) is 27.2 Å². The lowest BCUT2D eigenvalue weighted by Crippen LogP contribution is -2.45. The smallest absolute Gasteiger partial charge is 0.387 e. The van der Waals surface area contributed by atoms with Gasteiger partial charge in [0, 0.05) is 6.42 Å². The number of likely N-dealkylation sites (N-methyl/N-ethyl adjacent to an activating group) is 1. The number of rotatable bonds is 48. The molecule has 0 aliphatic carbocycles. The number of unbranched alkanes of at least 4 members (excludes halogenated alkanes) is 35. The molecule has 3 atom stereocenters. The minimum absolute atomic E-state index is 0.0650. The van der Waals surface area contributed by atoms with Crippen LogP contribution >= 0.6 is 7.82 Å². The van der Waals surface area contributed by atoms with Gasteiger partial charge in [-0.2, -0.15) is 0 Å². The summed E-state index contributed by atoms with van der Waals surface area (Å²) in [7, 11) is 1.59. The van der Waals surface area contributed by atoms with E-state index < -0.39 is 20.0 Å². The van der Waals surface area contributed by atoms with Crippen LogP contribution in [0.1, 0.15) is 258 Å². The van der Waals surface area contributed by atoms with Gasteiger partial charge in [0.05, 0.1) is 39.9 Å². The molecule has 0 rings (SSSR count). The summed E-state index contributed by atoms with van der Waals surface area (Å²) in [5.41, 5.74) is 0. The Labute approximate surface area is 373 Å². The summed E-state index contributed by atoms with van der Waals surface area (Å²) in [6, 6.07) is -0.841. The van der Waals surface area contributed by atoms with Crippen molar-refractivity contribution in [2.24, 2.45) is 0 Å². The average molecular weight is 872 g/mol. The number of nitrogens with zero attached hydrogens (tertiary/aromatic N) is 1. The van der Waals surface area contributed by atoms with E-state index in [0.29, 0.717) is 17.4 Å². The Morgan fingerprint density at radius 3 is 1.23 bits per heavy atom. The van der Waals surface area contributed by atoms with Gasteiger partial charge in [0.25, 0.3) is 0 Å². The molecule has 8 nitrogen and oxygen atoms in total. The molecule has 0 fully saturated rings. The minimum atomic E-state index is -4.34. The first-order valence-corrected chi connectivity index (χ1v) is 27.6. The molecule has 0 aromatic rings. The second kappa shape index (κ2) is 43.5. The highest BCUT2D eigenvalue weighted by Crippen LogP contribution is 2.43. The molecule has 9 heteroatoms. The highest BCUT2D eigenvalue weighted by atomic mass is 31.2. The van der Waals surface area contributed by atoms with Gasteiger partial charge in [-0.15, -0.1) is 0 Å². The zero-order valence-corrected chi connectivity index (χ0v) is 41.6. The van der Waals surface area contributed by atoms with Gasteiger partial charge in [-0.25, -0.2) is 4.57 Å². The van der Waals surface area contributed by atoms with Crippen LogP contribution in [-0.2, 0) is 18.4 Å². The van der Waals surface area contributed by atoms with E-state index in [1.54, 1.807) is 6.08 Å². The van der Waals surface area contributed by atoms with Gasteiger partial charge in [-0.1, -0.05) is 244 Å². The topological polar surface area (TPSA) is 105 Å². The molecule has 0 radical (unpaired) electrons. The number of carbonyl (C=O) groups is 1. The molecule has 0 saturated heterocycles. The summed E-state index contributed by atoms with van der Waals surface area (Å²) in [6.07, 6.45) is 51.4. The van der Waals surface area contributed by atoms with E-state index in [1.165, 1.54) is 205 Å². The molecular formula is C51H104N2O6P+. The number of allylic oxidation sites excluding steroid dienone is 1. The molecule has 0 spiro atoms. The SMILES string of the molecule is CCCCCCCCCCCCCCCCCCC/C=C/C(O)C(COP(=O)(O)OCC[N+](C)(C)C)NC(=O)CCCCCCCCCCCCCCCCCCCCC.